The summed E-state index contributed by atoms with van der Waals surface area (Å²) >= 11 is 4.00. The fraction of sp³-hybridized carbons (Fsp3) is 1.00. The largest absolute Gasteiger partial charge is 0.381 e. The summed E-state index contributed by atoms with van der Waals surface area (Å²) < 4.78 is 31.6. The molecule has 10 aliphatic rings. The van der Waals surface area contributed by atoms with Gasteiger partial charge in [0.05, 0.1) is 57.9 Å². The molecular weight excluding hydrogens is 1150 g/mol. The Hall–Kier alpha value is 0.180. The lowest BCUT2D eigenvalue weighted by Gasteiger charge is -2.38. The van der Waals surface area contributed by atoms with Gasteiger partial charge in [0.2, 0.25) is 0 Å². The first-order chi connectivity index (χ1) is 40.6. The lowest BCUT2D eigenvalue weighted by atomic mass is 9.76. The van der Waals surface area contributed by atoms with Gasteiger partial charge in [-0.1, -0.05) is 166 Å². The van der Waals surface area contributed by atoms with Gasteiger partial charge in [0.15, 0.2) is 0 Å². The molecule has 0 aliphatic carbocycles. The number of hydrogen-bond donors (Lipinski definition) is 5. The number of ether oxygens (including phenoxy) is 6. The third-order valence-electron chi connectivity index (χ3n) is 18.3. The summed E-state index contributed by atoms with van der Waals surface area (Å²) in [5, 5.41) is 18.4. The fourth-order valence-electron chi connectivity index (χ4n) is 10.7. The molecule has 10 aliphatic heterocycles. The van der Waals surface area contributed by atoms with E-state index in [2.05, 4.69) is 256 Å². The van der Waals surface area contributed by atoms with Gasteiger partial charge >= 0.3 is 0 Å². The van der Waals surface area contributed by atoms with E-state index < -0.39 is 0 Å². The summed E-state index contributed by atoms with van der Waals surface area (Å²) in [5.41, 5.74) is 4.16. The van der Waals surface area contributed by atoms with Crippen LogP contribution in [0.25, 0.3) is 0 Å². The second-order valence-corrected chi connectivity index (χ2v) is 39.4. The molecule has 7 atom stereocenters. The summed E-state index contributed by atoms with van der Waals surface area (Å²) in [6.45, 7) is 86.4. The van der Waals surface area contributed by atoms with Crippen molar-refractivity contribution >= 4 is 23.5 Å². The summed E-state index contributed by atoms with van der Waals surface area (Å²) in [6, 6.07) is 2.01. The molecule has 89 heavy (non-hydrogen) atoms. The zero-order chi connectivity index (χ0) is 68.4. The first-order valence-corrected chi connectivity index (χ1v) is 37.5. The number of piperazine rings is 1. The van der Waals surface area contributed by atoms with E-state index in [1.807, 2.05) is 11.8 Å². The van der Waals surface area contributed by atoms with Gasteiger partial charge < -0.3 is 49.7 Å². The van der Waals surface area contributed by atoms with E-state index in [-0.39, 0.29) is 0 Å². The predicted molar refractivity (Wildman–Crippen MR) is 391 cm³/mol. The fourth-order valence-corrected chi connectivity index (χ4v) is 12.8. The molecule has 5 N–H and O–H groups in total. The minimum Gasteiger partial charge on any atom is -0.381 e. The van der Waals surface area contributed by atoms with E-state index >= 15 is 0 Å². The summed E-state index contributed by atoms with van der Waals surface area (Å²) in [5.74, 6) is 3.16. The number of hydrogen-bond acceptors (Lipinski definition) is 15. The van der Waals surface area contributed by atoms with Crippen molar-refractivity contribution in [2.45, 2.75) is 298 Å². The second kappa shape index (κ2) is 40.2. The topological polar surface area (TPSA) is 125 Å². The molecule has 0 spiro atoms. The van der Waals surface area contributed by atoms with Gasteiger partial charge in [-0.15, -0.1) is 11.8 Å². The Morgan fingerprint density at radius 2 is 0.820 bits per heavy atom. The maximum atomic E-state index is 5.52. The lowest BCUT2D eigenvalue weighted by Crippen LogP contribution is -2.51. The van der Waals surface area contributed by atoms with Gasteiger partial charge in [-0.3, -0.25) is 15.1 Å². The molecule has 10 saturated heterocycles. The van der Waals surface area contributed by atoms with Gasteiger partial charge in [-0.25, -0.2) is 0 Å². The Labute approximate surface area is 563 Å². The highest BCUT2D eigenvalue weighted by molar-refractivity contribution is 8.06. The molecule has 0 aromatic rings. The first kappa shape index (κ1) is 87.2. The van der Waals surface area contributed by atoms with Gasteiger partial charge in [0.25, 0.3) is 0 Å². The van der Waals surface area contributed by atoms with Gasteiger partial charge in [-0.2, -0.15) is 11.8 Å². The van der Waals surface area contributed by atoms with Crippen molar-refractivity contribution in [1.29, 1.82) is 0 Å². The van der Waals surface area contributed by atoms with Crippen LogP contribution in [0.3, 0.4) is 0 Å². The van der Waals surface area contributed by atoms with Crippen LogP contribution in [-0.4, -0.2) is 192 Å². The highest BCUT2D eigenvalue weighted by Crippen LogP contribution is 2.44. The maximum absolute atomic E-state index is 5.52. The molecule has 0 bridgehead atoms. The smallest absolute Gasteiger partial charge is 0.0969 e. The van der Waals surface area contributed by atoms with Gasteiger partial charge in [0.1, 0.15) is 0 Å². The Bertz CT molecular complexity index is 1540. The van der Waals surface area contributed by atoms with E-state index in [0.29, 0.717) is 83.9 Å². The molecule has 13 nitrogen and oxygen atoms in total. The predicted octanol–water partition coefficient (Wildman–Crippen LogP) is 15.5. The van der Waals surface area contributed by atoms with Crippen molar-refractivity contribution in [2.24, 2.45) is 49.2 Å². The van der Waals surface area contributed by atoms with Crippen LogP contribution in [0.4, 0.5) is 0 Å². The van der Waals surface area contributed by atoms with Crippen molar-refractivity contribution < 1.29 is 28.4 Å². The highest BCUT2D eigenvalue weighted by atomic mass is 32.2. The minimum atomic E-state index is 0.323. The molecule has 534 valence electrons. The SMILES string of the molecule is CC(C)(C)C1CCCO1.CC(C)(C)C1CCN1.CC(C)(C)C1CCNCN1.CC(C)(C)C1CCOCC1.CC(C)(C)C1CO1.CC(C)(C)C1COCN1.CC(C)(C)C1COCS1.CC(C)(C)C1CS1.CC(C)(C)N1CCNCC1.CC(C)(C)N1CCOCC1. The van der Waals surface area contributed by atoms with Crippen molar-refractivity contribution in [1.82, 2.24) is 36.4 Å². The summed E-state index contributed by atoms with van der Waals surface area (Å²) in [4.78, 5) is 4.97. The Kier molecular flexibility index (Phi) is 39.3. The number of morpholine rings is 1. The highest BCUT2D eigenvalue weighted by Gasteiger charge is 2.37. The first-order valence-electron chi connectivity index (χ1n) is 35.4. The third-order valence-corrected chi connectivity index (χ3v) is 21.2. The Balaban J connectivity index is 0.000000495. The molecule has 0 saturated carbocycles. The third kappa shape index (κ3) is 41.8. The van der Waals surface area contributed by atoms with Crippen LogP contribution in [0, 0.1) is 49.2 Å². The molecule has 0 amide bonds. The summed E-state index contributed by atoms with van der Waals surface area (Å²) in [7, 11) is 0. The zero-order valence-corrected chi connectivity index (χ0v) is 66.3. The van der Waals surface area contributed by atoms with E-state index in [1.165, 1.54) is 63.9 Å². The standard InChI is InChI=1S/C9H18O.2C8H18N2.C8H17NO.C8H16O.C7H15NO.C7H15N.C7H14OS.C6H12O.C6H12S/c1-9(2,3)8-4-6-10-7-5-8;1-8(2,3)10-6-4-9-5-7-10;1-8(2,3)7-4-5-9-6-10-7;1-8(2,3)9-4-6-10-7-5-9;1-8(2,3)7-5-4-6-9-7;1-7(2,3)6-4-9-5-8-6;1-7(2,3)6-4-5-8-6;1-7(2,3)6-4-8-5-9-6;2*1-6(2,3)5-4-7-5/h8H,4-7H2,1-3H3;9H,4-7H2,1-3H3;7,9-10H,4-6H2,1-3H3;4-7H2,1-3H3;7H,4-6H2,1-3H3;6,8H,4-5H2,1-3H3;6,8H,4-5H2,1-3H3;6H,4-5H2,1-3H3;2*5H,4H2,1-3H3. The Morgan fingerprint density at radius 1 is 0.348 bits per heavy atom. The number of thioether (sulfide) groups is 2. The molecule has 10 heterocycles. The lowest BCUT2D eigenvalue weighted by molar-refractivity contribution is -0.00389. The summed E-state index contributed by atoms with van der Waals surface area (Å²) in [6.07, 6.45) is 8.69. The van der Waals surface area contributed by atoms with Gasteiger partial charge in [-0.05, 0) is 142 Å². The van der Waals surface area contributed by atoms with Crippen LogP contribution in [0.15, 0.2) is 0 Å². The zero-order valence-electron chi connectivity index (χ0n) is 64.7. The molecule has 0 radical (unpaired) electrons. The average molecular weight is 1300 g/mol. The second-order valence-electron chi connectivity index (χ2n) is 37.1. The van der Waals surface area contributed by atoms with Crippen molar-refractivity contribution in [2.75, 3.05) is 130 Å². The molecule has 10 fully saturated rings. The van der Waals surface area contributed by atoms with Crippen LogP contribution >= 0.6 is 23.5 Å². The van der Waals surface area contributed by atoms with E-state index in [1.54, 1.807) is 0 Å². The average Bonchev–Trinajstić information content (AvgIpc) is 3.68. The molecule has 0 aromatic carbocycles. The van der Waals surface area contributed by atoms with Crippen molar-refractivity contribution in [3.8, 4) is 0 Å². The molecular formula is C74H155N7O6S2. The van der Waals surface area contributed by atoms with Crippen molar-refractivity contribution in [3.05, 3.63) is 0 Å². The van der Waals surface area contributed by atoms with Crippen LogP contribution < -0.4 is 26.6 Å². The van der Waals surface area contributed by atoms with Crippen LogP contribution in [-0.2, 0) is 28.4 Å². The quantitative estimate of drug-likeness (QED) is 0.148. The van der Waals surface area contributed by atoms with E-state index in [4.69, 9.17) is 28.4 Å². The Morgan fingerprint density at radius 3 is 1.02 bits per heavy atom. The molecule has 0 aromatic heterocycles. The molecule has 10 rings (SSSR count). The maximum Gasteiger partial charge on any atom is 0.0969 e. The van der Waals surface area contributed by atoms with E-state index in [0.717, 1.165) is 122 Å². The number of rotatable bonds is 0. The number of nitrogens with zero attached hydrogens (tertiary/aromatic N) is 2. The van der Waals surface area contributed by atoms with Crippen LogP contribution in [0.2, 0.25) is 0 Å². The monoisotopic (exact) mass is 1300 g/mol. The molecule has 7 unspecified atom stereocenters. The number of nitrogens with one attached hydrogen (secondary N) is 5. The van der Waals surface area contributed by atoms with Gasteiger partial charge in [0, 0.05) is 111 Å². The normalized spacial score (nSPS) is 27.2. The number of epoxide rings is 1. The molecule has 15 heteroatoms. The van der Waals surface area contributed by atoms with Crippen LogP contribution in [0.1, 0.15) is 246 Å². The van der Waals surface area contributed by atoms with Crippen molar-refractivity contribution in [3.63, 3.8) is 0 Å². The van der Waals surface area contributed by atoms with E-state index in [9.17, 15) is 0 Å². The van der Waals surface area contributed by atoms with Crippen LogP contribution in [0.5, 0.6) is 0 Å². The minimum absolute atomic E-state index is 0.323.